The number of carboxylic acid groups (broad SMARTS) is 1. The molecule has 0 radical (unpaired) electrons. The Hall–Kier alpha value is -1.10. The first-order valence-corrected chi connectivity index (χ1v) is 13.1. The number of unbranched alkanes of at least 4 members (excludes halogenated alkanes) is 19. The van der Waals surface area contributed by atoms with E-state index in [1.807, 2.05) is 0 Å². The Morgan fingerprint density at radius 3 is 1.26 bits per heavy atom. The van der Waals surface area contributed by atoms with Crippen LogP contribution in [-0.4, -0.2) is 34.9 Å². The first-order valence-electron chi connectivity index (χ1n) is 13.1. The number of carbonyl (C=O) groups excluding carboxylic acids is 1. The maximum absolute atomic E-state index is 11.3. The Morgan fingerprint density at radius 2 is 0.935 bits per heavy atom. The lowest BCUT2D eigenvalue weighted by molar-refractivity contribution is -0.158. The number of aliphatic hydroxyl groups is 1. The number of hydrogen-bond donors (Lipinski definition) is 2. The highest BCUT2D eigenvalue weighted by molar-refractivity contribution is 5.80. The fourth-order valence-corrected chi connectivity index (χ4v) is 3.87. The van der Waals surface area contributed by atoms with Crippen molar-refractivity contribution >= 4 is 11.9 Å². The van der Waals surface area contributed by atoms with E-state index < -0.39 is 24.5 Å². The second-order valence-electron chi connectivity index (χ2n) is 9.00. The first-order chi connectivity index (χ1) is 15.1. The van der Waals surface area contributed by atoms with Crippen molar-refractivity contribution in [1.82, 2.24) is 0 Å². The number of esters is 1. The van der Waals surface area contributed by atoms with Crippen LogP contribution in [-0.2, 0) is 14.3 Å². The molecule has 31 heavy (non-hydrogen) atoms. The number of hydrogen-bond acceptors (Lipinski definition) is 4. The average molecular weight is 443 g/mol. The molecule has 1 atom stereocenters. The first kappa shape index (κ1) is 29.9. The minimum atomic E-state index is -1.55. The zero-order chi connectivity index (χ0) is 23.0. The third-order valence-corrected chi connectivity index (χ3v) is 5.88. The van der Waals surface area contributed by atoms with E-state index in [2.05, 4.69) is 6.92 Å². The van der Waals surface area contributed by atoms with E-state index in [0.29, 0.717) is 0 Å². The molecule has 0 heterocycles. The second kappa shape index (κ2) is 23.6. The molecule has 2 N–H and O–H groups in total. The van der Waals surface area contributed by atoms with Gasteiger partial charge in [-0.1, -0.05) is 129 Å². The molecule has 0 saturated heterocycles. The van der Waals surface area contributed by atoms with Crippen molar-refractivity contribution in [3.8, 4) is 0 Å². The molecule has 184 valence electrons. The van der Waals surface area contributed by atoms with Gasteiger partial charge in [-0.3, -0.25) is 4.79 Å². The summed E-state index contributed by atoms with van der Waals surface area (Å²) < 4.78 is 4.89. The van der Waals surface area contributed by atoms with Crippen LogP contribution in [0.2, 0.25) is 0 Å². The zero-order valence-corrected chi connectivity index (χ0v) is 20.3. The van der Waals surface area contributed by atoms with Crippen molar-refractivity contribution in [3.63, 3.8) is 0 Å². The quantitative estimate of drug-likeness (QED) is 0.122. The number of rotatable bonds is 24. The number of ether oxygens (including phenoxy) is 1. The molecule has 0 spiro atoms. The molecule has 1 unspecified atom stereocenters. The molecule has 0 aliphatic rings. The van der Waals surface area contributed by atoms with Crippen LogP contribution in [0.5, 0.6) is 0 Å². The molecule has 0 amide bonds. The summed E-state index contributed by atoms with van der Waals surface area (Å²) in [5.74, 6) is -2.04. The van der Waals surface area contributed by atoms with Gasteiger partial charge in [-0.25, -0.2) is 4.79 Å². The molecule has 0 aromatic carbocycles. The highest BCUT2D eigenvalue weighted by Crippen LogP contribution is 2.14. The molecule has 0 rings (SSSR count). The predicted octanol–water partition coefficient (Wildman–Crippen LogP) is 7.19. The van der Waals surface area contributed by atoms with Crippen molar-refractivity contribution in [2.45, 2.75) is 148 Å². The lowest BCUT2D eigenvalue weighted by atomic mass is 10.0. The molecule has 5 heteroatoms. The highest BCUT2D eigenvalue weighted by Gasteiger charge is 2.19. The molecule has 0 saturated carbocycles. The number of carbonyl (C=O) groups is 2. The van der Waals surface area contributed by atoms with Gasteiger partial charge >= 0.3 is 11.9 Å². The van der Waals surface area contributed by atoms with E-state index in [1.54, 1.807) is 0 Å². The largest absolute Gasteiger partial charge is 0.481 e. The third-order valence-electron chi connectivity index (χ3n) is 5.88. The monoisotopic (exact) mass is 442 g/mol. The zero-order valence-electron chi connectivity index (χ0n) is 20.3. The Morgan fingerprint density at radius 1 is 0.613 bits per heavy atom. The van der Waals surface area contributed by atoms with Gasteiger partial charge in [0, 0.05) is 0 Å². The summed E-state index contributed by atoms with van der Waals surface area (Å²) in [4.78, 5) is 21.8. The molecule has 0 aromatic rings. The van der Waals surface area contributed by atoms with Crippen LogP contribution in [0, 0.1) is 0 Å². The summed E-state index contributed by atoms with van der Waals surface area (Å²) in [5, 5.41) is 17.8. The van der Waals surface area contributed by atoms with E-state index in [0.717, 1.165) is 19.3 Å². The predicted molar refractivity (Wildman–Crippen MR) is 127 cm³/mol. The Bertz CT molecular complexity index is 411. The van der Waals surface area contributed by atoms with E-state index in [1.165, 1.54) is 109 Å². The maximum Gasteiger partial charge on any atom is 0.335 e. The molecular weight excluding hydrogens is 392 g/mol. The van der Waals surface area contributed by atoms with Gasteiger partial charge in [0.25, 0.3) is 0 Å². The van der Waals surface area contributed by atoms with Crippen LogP contribution in [0.15, 0.2) is 0 Å². The molecule has 0 aliphatic heterocycles. The van der Waals surface area contributed by atoms with E-state index in [-0.39, 0.29) is 6.61 Å². The van der Waals surface area contributed by atoms with Gasteiger partial charge < -0.3 is 14.9 Å². The minimum absolute atomic E-state index is 0.258. The van der Waals surface area contributed by atoms with E-state index >= 15 is 0 Å². The standard InChI is InChI=1S/C26H50O5/c1-2-3-4-5-6-7-8-9-10-11-12-13-14-15-16-17-18-19-20-21-22-31-26(30)24(27)23-25(28)29/h24,27H,2-23H2,1H3,(H,28,29). The van der Waals surface area contributed by atoms with Crippen LogP contribution in [0.3, 0.4) is 0 Å². The fourth-order valence-electron chi connectivity index (χ4n) is 3.87. The lowest BCUT2D eigenvalue weighted by Crippen LogP contribution is -2.26. The van der Waals surface area contributed by atoms with Crippen molar-refractivity contribution in [2.75, 3.05) is 6.61 Å². The summed E-state index contributed by atoms with van der Waals surface area (Å²) in [6.07, 6.45) is 24.2. The summed E-state index contributed by atoms with van der Waals surface area (Å²) in [6.45, 7) is 2.53. The fraction of sp³-hybridized carbons (Fsp3) is 0.923. The molecular formula is C26H50O5. The van der Waals surface area contributed by atoms with Crippen LogP contribution < -0.4 is 0 Å². The van der Waals surface area contributed by atoms with E-state index in [9.17, 15) is 14.7 Å². The minimum Gasteiger partial charge on any atom is -0.481 e. The van der Waals surface area contributed by atoms with Crippen LogP contribution >= 0.6 is 0 Å². The van der Waals surface area contributed by atoms with Crippen LogP contribution in [0.4, 0.5) is 0 Å². The van der Waals surface area contributed by atoms with Crippen molar-refractivity contribution in [3.05, 3.63) is 0 Å². The van der Waals surface area contributed by atoms with Gasteiger partial charge in [0.2, 0.25) is 0 Å². The molecule has 0 bridgehead atoms. The second-order valence-corrected chi connectivity index (χ2v) is 9.00. The average Bonchev–Trinajstić information content (AvgIpc) is 2.74. The molecule has 0 fully saturated rings. The smallest absolute Gasteiger partial charge is 0.335 e. The Kier molecular flexibility index (Phi) is 22.7. The lowest BCUT2D eigenvalue weighted by Gasteiger charge is -2.08. The van der Waals surface area contributed by atoms with Crippen molar-refractivity contribution < 1.29 is 24.5 Å². The van der Waals surface area contributed by atoms with Crippen LogP contribution in [0.25, 0.3) is 0 Å². The van der Waals surface area contributed by atoms with Gasteiger partial charge in [-0.2, -0.15) is 0 Å². The highest BCUT2D eigenvalue weighted by atomic mass is 16.5. The summed E-state index contributed by atoms with van der Waals surface area (Å²) in [7, 11) is 0. The van der Waals surface area contributed by atoms with Gasteiger partial charge in [0.1, 0.15) is 0 Å². The normalized spacial score (nSPS) is 12.1. The number of carboxylic acids is 1. The summed E-state index contributed by atoms with van der Waals surface area (Å²) in [6, 6.07) is 0. The van der Waals surface area contributed by atoms with Gasteiger partial charge in [-0.05, 0) is 6.42 Å². The molecule has 0 aromatic heterocycles. The van der Waals surface area contributed by atoms with Crippen molar-refractivity contribution in [2.24, 2.45) is 0 Å². The van der Waals surface area contributed by atoms with Crippen LogP contribution in [0.1, 0.15) is 142 Å². The SMILES string of the molecule is CCCCCCCCCCCCCCCCCCCCCCOC(=O)C(O)CC(=O)O. The summed E-state index contributed by atoms with van der Waals surface area (Å²) in [5.41, 5.74) is 0. The van der Waals surface area contributed by atoms with Gasteiger partial charge in [0.05, 0.1) is 13.0 Å². The van der Waals surface area contributed by atoms with Gasteiger partial charge in [-0.15, -0.1) is 0 Å². The van der Waals surface area contributed by atoms with Crippen molar-refractivity contribution in [1.29, 1.82) is 0 Å². The number of aliphatic carboxylic acids is 1. The molecule has 5 nitrogen and oxygen atoms in total. The Labute approximate surface area is 191 Å². The third kappa shape index (κ3) is 23.4. The topological polar surface area (TPSA) is 83.8 Å². The van der Waals surface area contributed by atoms with Gasteiger partial charge in [0.15, 0.2) is 6.10 Å². The maximum atomic E-state index is 11.3. The van der Waals surface area contributed by atoms with E-state index in [4.69, 9.17) is 9.84 Å². The summed E-state index contributed by atoms with van der Waals surface area (Å²) >= 11 is 0. The molecule has 0 aliphatic carbocycles. The Balaban J connectivity index is 3.15. The number of aliphatic hydroxyl groups excluding tert-OH is 1.